The summed E-state index contributed by atoms with van der Waals surface area (Å²) in [4.78, 5) is 13.1. The normalized spacial score (nSPS) is 20.9. The number of halogens is 2. The molecule has 0 saturated carbocycles. The predicted octanol–water partition coefficient (Wildman–Crippen LogP) is 3.29. The largest absolute Gasteiger partial charge is 0.481 e. The maximum absolute atomic E-state index is 11.0. The van der Waals surface area contributed by atoms with Crippen molar-refractivity contribution < 1.29 is 9.90 Å². The van der Waals surface area contributed by atoms with E-state index in [1.165, 1.54) is 0 Å². The summed E-state index contributed by atoms with van der Waals surface area (Å²) >= 11 is 12.2. The third-order valence-electron chi connectivity index (χ3n) is 3.30. The van der Waals surface area contributed by atoms with E-state index >= 15 is 0 Å². The fraction of sp³-hybridized carbons (Fsp3) is 0.462. The van der Waals surface area contributed by atoms with Gasteiger partial charge >= 0.3 is 5.97 Å². The molecule has 0 aromatic heterocycles. The number of piperidine rings is 1. The summed E-state index contributed by atoms with van der Waals surface area (Å²) < 4.78 is 0. The zero-order valence-corrected chi connectivity index (χ0v) is 11.4. The summed E-state index contributed by atoms with van der Waals surface area (Å²) in [6, 6.07) is 5.42. The van der Waals surface area contributed by atoms with Gasteiger partial charge in [-0.25, -0.2) is 0 Å². The molecule has 2 rings (SSSR count). The van der Waals surface area contributed by atoms with Crippen LogP contribution in [0.3, 0.4) is 0 Å². The van der Waals surface area contributed by atoms with Crippen molar-refractivity contribution in [1.29, 1.82) is 0 Å². The van der Waals surface area contributed by atoms with Gasteiger partial charge in [0.15, 0.2) is 0 Å². The molecule has 0 spiro atoms. The van der Waals surface area contributed by atoms with Gasteiger partial charge in [-0.2, -0.15) is 0 Å². The lowest BCUT2D eigenvalue weighted by molar-refractivity contribution is -0.143. The van der Waals surface area contributed by atoms with Crippen LogP contribution in [0.1, 0.15) is 18.4 Å². The number of carboxylic acids is 1. The third kappa shape index (κ3) is 3.16. The topological polar surface area (TPSA) is 40.5 Å². The Morgan fingerprint density at radius 3 is 2.67 bits per heavy atom. The van der Waals surface area contributed by atoms with Crippen LogP contribution in [0.15, 0.2) is 18.2 Å². The van der Waals surface area contributed by atoms with E-state index in [1.807, 2.05) is 6.07 Å². The zero-order chi connectivity index (χ0) is 13.1. The molecule has 1 unspecified atom stereocenters. The molecule has 1 fully saturated rings. The van der Waals surface area contributed by atoms with Crippen molar-refractivity contribution in [2.24, 2.45) is 5.92 Å². The SMILES string of the molecule is O=C(O)C1CCCN(Cc2c(Cl)cccc2Cl)C1. The summed E-state index contributed by atoms with van der Waals surface area (Å²) in [5, 5.41) is 10.3. The van der Waals surface area contributed by atoms with E-state index in [2.05, 4.69) is 4.90 Å². The average molecular weight is 288 g/mol. The number of hydrogen-bond acceptors (Lipinski definition) is 2. The van der Waals surface area contributed by atoms with Crippen LogP contribution in [0.4, 0.5) is 0 Å². The molecule has 5 heteroatoms. The number of hydrogen-bond donors (Lipinski definition) is 1. The van der Waals surface area contributed by atoms with E-state index in [0.29, 0.717) is 23.1 Å². The van der Waals surface area contributed by atoms with Gasteiger partial charge in [-0.3, -0.25) is 9.69 Å². The van der Waals surface area contributed by atoms with E-state index in [4.69, 9.17) is 28.3 Å². The number of benzene rings is 1. The van der Waals surface area contributed by atoms with Gasteiger partial charge in [-0.1, -0.05) is 29.3 Å². The summed E-state index contributed by atoms with van der Waals surface area (Å²) in [5.41, 5.74) is 0.881. The third-order valence-corrected chi connectivity index (χ3v) is 4.01. The highest BCUT2D eigenvalue weighted by molar-refractivity contribution is 6.35. The lowest BCUT2D eigenvalue weighted by atomic mass is 9.98. The van der Waals surface area contributed by atoms with Crippen LogP contribution in [-0.2, 0) is 11.3 Å². The second-order valence-electron chi connectivity index (χ2n) is 4.61. The zero-order valence-electron chi connectivity index (χ0n) is 9.90. The first-order chi connectivity index (χ1) is 8.58. The fourth-order valence-corrected chi connectivity index (χ4v) is 2.82. The Morgan fingerprint density at radius 2 is 2.06 bits per heavy atom. The predicted molar refractivity (Wildman–Crippen MR) is 72.1 cm³/mol. The van der Waals surface area contributed by atoms with Gasteiger partial charge < -0.3 is 5.11 Å². The van der Waals surface area contributed by atoms with E-state index in [9.17, 15) is 4.79 Å². The first-order valence-corrected chi connectivity index (χ1v) is 6.71. The molecule has 0 aliphatic carbocycles. The summed E-state index contributed by atoms with van der Waals surface area (Å²) in [6.07, 6.45) is 1.65. The van der Waals surface area contributed by atoms with Crippen molar-refractivity contribution in [3.8, 4) is 0 Å². The highest BCUT2D eigenvalue weighted by atomic mass is 35.5. The molecule has 3 nitrogen and oxygen atoms in total. The molecule has 18 heavy (non-hydrogen) atoms. The van der Waals surface area contributed by atoms with Crippen LogP contribution in [-0.4, -0.2) is 29.1 Å². The minimum absolute atomic E-state index is 0.278. The lowest BCUT2D eigenvalue weighted by Crippen LogP contribution is -2.38. The summed E-state index contributed by atoms with van der Waals surface area (Å²) in [7, 11) is 0. The lowest BCUT2D eigenvalue weighted by Gasteiger charge is -2.31. The monoisotopic (exact) mass is 287 g/mol. The Morgan fingerprint density at radius 1 is 1.39 bits per heavy atom. The minimum atomic E-state index is -0.718. The van der Waals surface area contributed by atoms with Crippen molar-refractivity contribution in [1.82, 2.24) is 4.90 Å². The maximum atomic E-state index is 11.0. The number of likely N-dealkylation sites (tertiary alicyclic amines) is 1. The number of aliphatic carboxylic acids is 1. The van der Waals surface area contributed by atoms with Crippen LogP contribution in [0.25, 0.3) is 0 Å². The smallest absolute Gasteiger partial charge is 0.307 e. The Kier molecular flexibility index (Phi) is 4.49. The molecule has 1 N–H and O–H groups in total. The molecule has 1 heterocycles. The number of carbonyl (C=O) groups is 1. The Hall–Kier alpha value is -0.770. The van der Waals surface area contributed by atoms with Crippen molar-refractivity contribution >= 4 is 29.2 Å². The van der Waals surface area contributed by atoms with Gasteiger partial charge in [-0.05, 0) is 31.5 Å². The minimum Gasteiger partial charge on any atom is -0.481 e. The van der Waals surface area contributed by atoms with Gasteiger partial charge in [0.05, 0.1) is 5.92 Å². The van der Waals surface area contributed by atoms with Crippen LogP contribution >= 0.6 is 23.2 Å². The van der Waals surface area contributed by atoms with Crippen molar-refractivity contribution in [3.63, 3.8) is 0 Å². The molecular weight excluding hydrogens is 273 g/mol. The molecule has 0 radical (unpaired) electrons. The first-order valence-electron chi connectivity index (χ1n) is 5.96. The molecule has 0 amide bonds. The highest BCUT2D eigenvalue weighted by Gasteiger charge is 2.25. The van der Waals surface area contributed by atoms with Crippen molar-refractivity contribution in [3.05, 3.63) is 33.8 Å². The van der Waals surface area contributed by atoms with Gasteiger partial charge in [0.1, 0.15) is 0 Å². The van der Waals surface area contributed by atoms with E-state index in [1.54, 1.807) is 12.1 Å². The standard InChI is InChI=1S/C13H15Cl2NO2/c14-11-4-1-5-12(15)10(11)8-16-6-2-3-9(7-16)13(17)18/h1,4-5,9H,2-3,6-8H2,(H,17,18). The van der Waals surface area contributed by atoms with E-state index in [0.717, 1.165) is 24.9 Å². The van der Waals surface area contributed by atoms with E-state index < -0.39 is 5.97 Å². The summed E-state index contributed by atoms with van der Waals surface area (Å²) in [6.45, 7) is 2.07. The van der Waals surface area contributed by atoms with Crippen LogP contribution in [0.2, 0.25) is 10.0 Å². The average Bonchev–Trinajstić information content (AvgIpc) is 2.34. The van der Waals surface area contributed by atoms with Gasteiger partial charge in [0.2, 0.25) is 0 Å². The molecule has 1 aromatic carbocycles. The van der Waals surface area contributed by atoms with Crippen LogP contribution in [0, 0.1) is 5.92 Å². The van der Waals surface area contributed by atoms with Crippen molar-refractivity contribution in [2.45, 2.75) is 19.4 Å². The number of rotatable bonds is 3. The second kappa shape index (κ2) is 5.91. The van der Waals surface area contributed by atoms with Crippen LogP contribution < -0.4 is 0 Å². The quantitative estimate of drug-likeness (QED) is 0.927. The van der Waals surface area contributed by atoms with Crippen LogP contribution in [0.5, 0.6) is 0 Å². The molecule has 1 saturated heterocycles. The first kappa shape index (κ1) is 13.7. The summed E-state index contributed by atoms with van der Waals surface area (Å²) in [5.74, 6) is -0.995. The number of carboxylic acid groups (broad SMARTS) is 1. The molecule has 1 aromatic rings. The molecular formula is C13H15Cl2NO2. The molecule has 98 valence electrons. The fourth-order valence-electron chi connectivity index (χ4n) is 2.31. The molecule has 1 aliphatic heterocycles. The Balaban J connectivity index is 2.07. The van der Waals surface area contributed by atoms with Gasteiger partial charge in [0.25, 0.3) is 0 Å². The molecule has 1 atom stereocenters. The van der Waals surface area contributed by atoms with Crippen molar-refractivity contribution in [2.75, 3.05) is 13.1 Å². The van der Waals surface area contributed by atoms with E-state index in [-0.39, 0.29) is 5.92 Å². The van der Waals surface area contributed by atoms with Gasteiger partial charge in [0, 0.05) is 28.7 Å². The highest BCUT2D eigenvalue weighted by Crippen LogP contribution is 2.27. The number of nitrogens with zero attached hydrogens (tertiary/aromatic N) is 1. The molecule has 0 bridgehead atoms. The maximum Gasteiger partial charge on any atom is 0.307 e. The Labute approximate surface area is 116 Å². The second-order valence-corrected chi connectivity index (χ2v) is 5.43. The molecule has 1 aliphatic rings. The Bertz CT molecular complexity index is 430. The van der Waals surface area contributed by atoms with Gasteiger partial charge in [-0.15, -0.1) is 0 Å².